The molecule has 0 aliphatic rings. The van der Waals surface area contributed by atoms with Crippen molar-refractivity contribution >= 4 is 43.6 Å². The molecule has 4 aromatic heterocycles. The molecule has 0 saturated carbocycles. The van der Waals surface area contributed by atoms with Crippen LogP contribution >= 0.6 is 0 Å². The Hall–Kier alpha value is -4.23. The van der Waals surface area contributed by atoms with Crippen LogP contribution in [0.2, 0.25) is 0 Å². The van der Waals surface area contributed by atoms with Gasteiger partial charge in [-0.3, -0.25) is 9.11 Å². The molecule has 13 heteroatoms. The molecule has 40 heavy (non-hydrogen) atoms. The Morgan fingerprint density at radius 2 is 1.88 bits per heavy atom. The third-order valence-electron chi connectivity index (χ3n) is 5.72. The van der Waals surface area contributed by atoms with E-state index in [-0.39, 0.29) is 34.7 Å². The molecule has 210 valence electrons. The number of fused-ring (bicyclic) bond motifs is 2. The Bertz CT molecular complexity index is 1730. The first-order chi connectivity index (χ1) is 19.3. The Morgan fingerprint density at radius 1 is 1.07 bits per heavy atom. The average Bonchev–Trinajstić information content (AvgIpc) is 3.42. The molecule has 0 fully saturated rings. The van der Waals surface area contributed by atoms with Crippen molar-refractivity contribution in [3.05, 3.63) is 60.7 Å². The van der Waals surface area contributed by atoms with Gasteiger partial charge in [0.25, 0.3) is 0 Å². The standard InChI is InChI=1S/C23H19F2N7O2S.C4H10O/c24-8-2-10-35(33,34)32-17-4-1-3-15(19(17)25)16-5-6-18-20(29-16)21(26)31-23(30-18)14-11-13-7-9-27-22(13)28-12-14;1-3-5-4-2/h1,3-7,9,11-12,32H,2,8,10H2,(H,27,28)(H2,26,30,31);3-4H2,1-2H3. The van der Waals surface area contributed by atoms with Gasteiger partial charge in [-0.2, -0.15) is 0 Å². The molecule has 5 aromatic rings. The van der Waals surface area contributed by atoms with Crippen LogP contribution in [0.15, 0.2) is 54.9 Å². The first-order valence-corrected chi connectivity index (χ1v) is 14.2. The van der Waals surface area contributed by atoms with E-state index in [1.807, 2.05) is 26.0 Å². The summed E-state index contributed by atoms with van der Waals surface area (Å²) in [4.78, 5) is 20.7. The summed E-state index contributed by atoms with van der Waals surface area (Å²) in [5.41, 5.74) is 8.34. The molecule has 0 saturated heterocycles. The summed E-state index contributed by atoms with van der Waals surface area (Å²) in [6.45, 7) is 4.88. The predicted octanol–water partition coefficient (Wildman–Crippen LogP) is 5.10. The highest BCUT2D eigenvalue weighted by Gasteiger charge is 2.18. The van der Waals surface area contributed by atoms with Crippen molar-refractivity contribution in [2.75, 3.05) is 36.1 Å². The molecule has 1 aromatic carbocycles. The molecule has 0 aliphatic carbocycles. The summed E-state index contributed by atoms with van der Waals surface area (Å²) in [7, 11) is -3.90. The Balaban J connectivity index is 0.000000681. The van der Waals surface area contributed by atoms with Crippen molar-refractivity contribution in [3.63, 3.8) is 0 Å². The van der Waals surface area contributed by atoms with Crippen molar-refractivity contribution in [2.24, 2.45) is 0 Å². The number of alkyl halides is 1. The monoisotopic (exact) mass is 569 g/mol. The van der Waals surface area contributed by atoms with E-state index in [0.717, 1.165) is 24.2 Å². The number of ether oxygens (including phenoxy) is 1. The Labute approximate surface area is 230 Å². The lowest BCUT2D eigenvalue weighted by atomic mass is 10.1. The topological polar surface area (TPSA) is 149 Å². The molecule has 0 aliphatic heterocycles. The van der Waals surface area contributed by atoms with Crippen molar-refractivity contribution in [1.29, 1.82) is 0 Å². The number of aromatic amines is 1. The largest absolute Gasteiger partial charge is 0.382 e. The molecule has 4 N–H and O–H groups in total. The van der Waals surface area contributed by atoms with Crippen LogP contribution in [-0.4, -0.2) is 59.0 Å². The zero-order valence-corrected chi connectivity index (χ0v) is 22.8. The molecule has 0 spiro atoms. The van der Waals surface area contributed by atoms with Gasteiger partial charge in [-0.1, -0.05) is 6.07 Å². The lowest BCUT2D eigenvalue weighted by molar-refractivity contribution is 0.162. The number of nitrogens with zero attached hydrogens (tertiary/aromatic N) is 4. The molecule has 0 amide bonds. The minimum atomic E-state index is -3.90. The van der Waals surface area contributed by atoms with E-state index in [1.165, 1.54) is 18.2 Å². The lowest BCUT2D eigenvalue weighted by Gasteiger charge is -2.12. The quantitative estimate of drug-likeness (QED) is 0.222. The number of halogens is 2. The number of nitrogen functional groups attached to an aromatic ring is 1. The fourth-order valence-corrected chi connectivity index (χ4v) is 4.94. The smallest absolute Gasteiger partial charge is 0.232 e. The average molecular weight is 570 g/mol. The van der Waals surface area contributed by atoms with Crippen molar-refractivity contribution in [2.45, 2.75) is 20.3 Å². The summed E-state index contributed by atoms with van der Waals surface area (Å²) >= 11 is 0. The number of rotatable bonds is 9. The number of nitrogens with two attached hydrogens (primary N) is 1. The first kappa shape index (κ1) is 28.8. The highest BCUT2D eigenvalue weighted by Crippen LogP contribution is 2.30. The van der Waals surface area contributed by atoms with E-state index >= 15 is 4.39 Å². The Morgan fingerprint density at radius 3 is 2.60 bits per heavy atom. The van der Waals surface area contributed by atoms with E-state index in [1.54, 1.807) is 24.5 Å². The van der Waals surface area contributed by atoms with Crippen molar-refractivity contribution < 1.29 is 21.9 Å². The summed E-state index contributed by atoms with van der Waals surface area (Å²) < 4.78 is 58.7. The SMILES string of the molecule is CCOCC.Nc1nc(-c2cnc3[nH]ccc3c2)nc2ccc(-c3cccc(NS(=O)(=O)CCCF)c3F)nc12. The zero-order valence-electron chi connectivity index (χ0n) is 22.0. The van der Waals surface area contributed by atoms with Crippen LogP contribution in [0.4, 0.5) is 20.3 Å². The fraction of sp³-hybridized carbons (Fsp3) is 0.259. The summed E-state index contributed by atoms with van der Waals surface area (Å²) in [6, 6.07) is 11.2. The second-order valence-corrected chi connectivity index (χ2v) is 10.4. The summed E-state index contributed by atoms with van der Waals surface area (Å²) in [6.07, 6.45) is 3.24. The zero-order chi connectivity index (χ0) is 28.7. The van der Waals surface area contributed by atoms with Crippen LogP contribution in [0.25, 0.3) is 44.7 Å². The second kappa shape index (κ2) is 12.7. The van der Waals surface area contributed by atoms with Crippen molar-refractivity contribution in [1.82, 2.24) is 24.9 Å². The Kier molecular flexibility index (Phi) is 9.17. The first-order valence-electron chi connectivity index (χ1n) is 12.6. The molecule has 0 atom stereocenters. The van der Waals surface area contributed by atoms with E-state index < -0.39 is 28.3 Å². The number of pyridine rings is 2. The van der Waals surface area contributed by atoms with Crippen LogP contribution in [0.5, 0.6) is 0 Å². The van der Waals surface area contributed by atoms with Gasteiger partial charge in [0.05, 0.1) is 29.3 Å². The molecule has 4 heterocycles. The number of aromatic nitrogens is 5. The van der Waals surface area contributed by atoms with Gasteiger partial charge in [0.15, 0.2) is 17.5 Å². The third kappa shape index (κ3) is 6.66. The number of anilines is 2. The molecular weight excluding hydrogens is 540 g/mol. The lowest BCUT2D eigenvalue weighted by Crippen LogP contribution is -2.18. The molecule has 0 unspecified atom stereocenters. The molecule has 5 rings (SSSR count). The fourth-order valence-electron chi connectivity index (χ4n) is 3.85. The summed E-state index contributed by atoms with van der Waals surface area (Å²) in [5, 5.41) is 0.897. The molecular formula is C27H29F2N7O3S. The van der Waals surface area contributed by atoms with Crippen LogP contribution in [-0.2, 0) is 14.8 Å². The number of hydrogen-bond donors (Lipinski definition) is 3. The molecule has 0 bridgehead atoms. The van der Waals surface area contributed by atoms with E-state index in [2.05, 4.69) is 29.6 Å². The molecule has 0 radical (unpaired) electrons. The van der Waals surface area contributed by atoms with Gasteiger partial charge in [-0.15, -0.1) is 0 Å². The minimum absolute atomic E-state index is 0.0585. The highest BCUT2D eigenvalue weighted by atomic mass is 32.2. The minimum Gasteiger partial charge on any atom is -0.382 e. The summed E-state index contributed by atoms with van der Waals surface area (Å²) in [5.74, 6) is -0.796. The number of sulfonamides is 1. The highest BCUT2D eigenvalue weighted by molar-refractivity contribution is 7.92. The maximum Gasteiger partial charge on any atom is 0.232 e. The maximum absolute atomic E-state index is 15.2. The van der Waals surface area contributed by atoms with Crippen LogP contribution in [0.3, 0.4) is 0 Å². The van der Waals surface area contributed by atoms with E-state index in [0.29, 0.717) is 16.9 Å². The van der Waals surface area contributed by atoms with Gasteiger partial charge in [0.1, 0.15) is 11.2 Å². The number of benzene rings is 1. The normalized spacial score (nSPS) is 11.4. The number of hydrogen-bond acceptors (Lipinski definition) is 8. The van der Waals surface area contributed by atoms with Crippen LogP contribution in [0.1, 0.15) is 20.3 Å². The van der Waals surface area contributed by atoms with Gasteiger partial charge in [0.2, 0.25) is 10.0 Å². The number of H-pyrrole nitrogens is 1. The van der Waals surface area contributed by atoms with Crippen molar-refractivity contribution in [3.8, 4) is 22.6 Å². The van der Waals surface area contributed by atoms with E-state index in [4.69, 9.17) is 10.5 Å². The second-order valence-electron chi connectivity index (χ2n) is 8.55. The maximum atomic E-state index is 15.2. The van der Waals surface area contributed by atoms with Gasteiger partial charge in [-0.25, -0.2) is 32.7 Å². The predicted molar refractivity (Wildman–Crippen MR) is 152 cm³/mol. The number of nitrogens with one attached hydrogen (secondary N) is 2. The van der Waals surface area contributed by atoms with Gasteiger partial charge >= 0.3 is 0 Å². The van der Waals surface area contributed by atoms with Crippen LogP contribution in [0, 0.1) is 5.82 Å². The van der Waals surface area contributed by atoms with E-state index in [9.17, 15) is 12.8 Å². The van der Waals surface area contributed by atoms with Gasteiger partial charge < -0.3 is 15.5 Å². The van der Waals surface area contributed by atoms with Gasteiger partial charge in [-0.05, 0) is 56.7 Å². The van der Waals surface area contributed by atoms with Gasteiger partial charge in [0, 0.05) is 42.1 Å². The van der Waals surface area contributed by atoms with Crippen LogP contribution < -0.4 is 10.5 Å². The third-order valence-corrected chi connectivity index (χ3v) is 7.08. The molecule has 10 nitrogen and oxygen atoms in total.